The summed E-state index contributed by atoms with van der Waals surface area (Å²) >= 11 is 6.04. The maximum absolute atomic E-state index is 12.6. The van der Waals surface area contributed by atoms with Gasteiger partial charge in [0.1, 0.15) is 5.82 Å². The Labute approximate surface area is 170 Å². The van der Waals surface area contributed by atoms with Crippen molar-refractivity contribution in [3.8, 4) is 11.4 Å². The third-order valence-corrected chi connectivity index (χ3v) is 4.91. The number of rotatable bonds is 5. The molecule has 4 rings (SSSR count). The maximum Gasteiger partial charge on any atom is 0.269 e. The number of para-hydroxylation sites is 1. The smallest absolute Gasteiger partial charge is 0.269 e. The van der Waals surface area contributed by atoms with Crippen LogP contribution in [0.5, 0.6) is 0 Å². The van der Waals surface area contributed by atoms with Crippen LogP contribution < -0.4 is 16.6 Å². The molecule has 0 spiro atoms. The number of nitrogens with one attached hydrogen (secondary N) is 3. The van der Waals surface area contributed by atoms with Gasteiger partial charge in [0.05, 0.1) is 22.8 Å². The van der Waals surface area contributed by atoms with Crippen LogP contribution in [-0.2, 0) is 18.3 Å². The Hall–Kier alpha value is -3.36. The van der Waals surface area contributed by atoms with Gasteiger partial charge < -0.3 is 21.1 Å². The maximum atomic E-state index is 12.6. The standard InChI is InChI=1S/C20H19ClN6O2/c1-27-20(29)11(10-23-27)8-14(22)19(28)26-15-5-3-2-4-13(15)18-24-16-7-6-12(21)9-17(16)25-18/h2-7,9-10,14,23H,8,22H2,1H3,(H,24,25)(H,26,28)/t14-/m0/s1. The number of nitrogens with two attached hydrogens (primary N) is 1. The summed E-state index contributed by atoms with van der Waals surface area (Å²) in [4.78, 5) is 32.4. The Morgan fingerprint density at radius 3 is 2.86 bits per heavy atom. The van der Waals surface area contributed by atoms with Crippen LogP contribution in [0.2, 0.25) is 5.02 Å². The normalized spacial score (nSPS) is 12.2. The van der Waals surface area contributed by atoms with Gasteiger partial charge in [-0.1, -0.05) is 23.7 Å². The van der Waals surface area contributed by atoms with Crippen LogP contribution in [-0.4, -0.2) is 31.7 Å². The lowest BCUT2D eigenvalue weighted by Gasteiger charge is -2.13. The quantitative estimate of drug-likeness (QED) is 0.403. The first-order valence-corrected chi connectivity index (χ1v) is 9.34. The molecule has 0 saturated carbocycles. The third-order valence-electron chi connectivity index (χ3n) is 4.67. The Balaban J connectivity index is 1.58. The second kappa shape index (κ2) is 7.57. The van der Waals surface area contributed by atoms with E-state index >= 15 is 0 Å². The van der Waals surface area contributed by atoms with Crippen LogP contribution in [0, 0.1) is 0 Å². The lowest BCUT2D eigenvalue weighted by atomic mass is 10.1. The van der Waals surface area contributed by atoms with Crippen molar-refractivity contribution in [3.63, 3.8) is 0 Å². The van der Waals surface area contributed by atoms with Crippen molar-refractivity contribution in [3.05, 3.63) is 69.6 Å². The van der Waals surface area contributed by atoms with E-state index in [1.165, 1.54) is 4.68 Å². The predicted molar refractivity (Wildman–Crippen MR) is 113 cm³/mol. The minimum absolute atomic E-state index is 0.132. The van der Waals surface area contributed by atoms with Gasteiger partial charge in [-0.2, -0.15) is 0 Å². The summed E-state index contributed by atoms with van der Waals surface area (Å²) in [5.74, 6) is 0.214. The molecule has 0 aliphatic heterocycles. The van der Waals surface area contributed by atoms with Crippen molar-refractivity contribution in [2.24, 2.45) is 12.8 Å². The third kappa shape index (κ3) is 3.80. The zero-order valence-corrected chi connectivity index (χ0v) is 16.3. The fraction of sp³-hybridized carbons (Fsp3) is 0.150. The molecule has 5 N–H and O–H groups in total. The van der Waals surface area contributed by atoms with Crippen molar-refractivity contribution < 1.29 is 4.79 Å². The van der Waals surface area contributed by atoms with Crippen LogP contribution in [0.3, 0.4) is 0 Å². The van der Waals surface area contributed by atoms with E-state index in [-0.39, 0.29) is 17.9 Å². The van der Waals surface area contributed by atoms with Crippen LogP contribution in [0.4, 0.5) is 5.69 Å². The van der Waals surface area contributed by atoms with Crippen molar-refractivity contribution in [2.75, 3.05) is 5.32 Å². The molecule has 0 fully saturated rings. The summed E-state index contributed by atoms with van der Waals surface area (Å²) in [6, 6.07) is 11.8. The molecule has 0 unspecified atom stereocenters. The van der Waals surface area contributed by atoms with E-state index in [4.69, 9.17) is 17.3 Å². The van der Waals surface area contributed by atoms with E-state index in [0.717, 1.165) is 16.6 Å². The number of anilines is 1. The van der Waals surface area contributed by atoms with Crippen molar-refractivity contribution in [1.29, 1.82) is 0 Å². The molecule has 2 aromatic carbocycles. The van der Waals surface area contributed by atoms with Crippen LogP contribution in [0.25, 0.3) is 22.4 Å². The number of imidazole rings is 1. The number of hydrogen-bond donors (Lipinski definition) is 4. The molecule has 2 heterocycles. The topological polar surface area (TPSA) is 122 Å². The summed E-state index contributed by atoms with van der Waals surface area (Å²) in [6.07, 6.45) is 1.69. The molecular weight excluding hydrogens is 392 g/mol. The Kier molecular flexibility index (Phi) is 4.96. The van der Waals surface area contributed by atoms with E-state index < -0.39 is 6.04 Å². The minimum atomic E-state index is -0.874. The predicted octanol–water partition coefficient (Wildman–Crippen LogP) is 2.42. The number of H-pyrrole nitrogens is 2. The molecule has 4 aromatic rings. The van der Waals surface area contributed by atoms with Gasteiger partial charge in [0, 0.05) is 35.8 Å². The summed E-state index contributed by atoms with van der Waals surface area (Å²) < 4.78 is 1.34. The SMILES string of the molecule is Cn1[nH]cc(C[C@H](N)C(=O)Nc2ccccc2-c2nc3ccc(Cl)cc3[nH]2)c1=O. The van der Waals surface area contributed by atoms with Gasteiger partial charge in [-0.3, -0.25) is 14.3 Å². The number of halogens is 1. The zero-order chi connectivity index (χ0) is 20.5. The Morgan fingerprint density at radius 2 is 2.10 bits per heavy atom. The fourth-order valence-corrected chi connectivity index (χ4v) is 3.29. The largest absolute Gasteiger partial charge is 0.338 e. The van der Waals surface area contributed by atoms with Gasteiger partial charge >= 0.3 is 0 Å². The molecule has 0 bridgehead atoms. The van der Waals surface area contributed by atoms with E-state index in [9.17, 15) is 9.59 Å². The van der Waals surface area contributed by atoms with Gasteiger partial charge in [0.15, 0.2) is 0 Å². The molecule has 1 atom stereocenters. The molecule has 0 aliphatic carbocycles. The number of benzene rings is 2. The highest BCUT2D eigenvalue weighted by Crippen LogP contribution is 2.28. The number of aromatic nitrogens is 4. The minimum Gasteiger partial charge on any atom is -0.338 e. The molecule has 29 heavy (non-hydrogen) atoms. The number of hydrogen-bond acceptors (Lipinski definition) is 4. The van der Waals surface area contributed by atoms with Gasteiger partial charge in [-0.25, -0.2) is 4.98 Å². The highest BCUT2D eigenvalue weighted by Gasteiger charge is 2.19. The van der Waals surface area contributed by atoms with Crippen molar-refractivity contribution in [1.82, 2.24) is 19.7 Å². The molecule has 0 saturated heterocycles. The molecule has 2 aromatic heterocycles. The molecule has 1 amide bonds. The van der Waals surface area contributed by atoms with Crippen molar-refractivity contribution in [2.45, 2.75) is 12.5 Å². The van der Waals surface area contributed by atoms with Crippen molar-refractivity contribution >= 4 is 34.2 Å². The average Bonchev–Trinajstić information content (AvgIpc) is 3.26. The number of carbonyl (C=O) groups excluding carboxylic acids is 1. The molecule has 8 nitrogen and oxygen atoms in total. The summed E-state index contributed by atoms with van der Waals surface area (Å²) in [5, 5.41) is 6.22. The molecule has 0 aliphatic rings. The van der Waals surface area contributed by atoms with E-state index in [0.29, 0.717) is 22.1 Å². The molecule has 0 radical (unpaired) electrons. The molecule has 148 valence electrons. The lowest BCUT2D eigenvalue weighted by Crippen LogP contribution is -2.38. The van der Waals surface area contributed by atoms with Gasteiger partial charge in [-0.05, 0) is 30.3 Å². The number of fused-ring (bicyclic) bond motifs is 1. The second-order valence-electron chi connectivity index (χ2n) is 6.76. The van der Waals surface area contributed by atoms with Crippen LogP contribution in [0.15, 0.2) is 53.5 Å². The summed E-state index contributed by atoms with van der Waals surface area (Å²) in [6.45, 7) is 0. The van der Waals surface area contributed by atoms with E-state index in [2.05, 4.69) is 20.4 Å². The van der Waals surface area contributed by atoms with Gasteiger partial charge in [0.25, 0.3) is 5.56 Å². The van der Waals surface area contributed by atoms with Gasteiger partial charge in [0.2, 0.25) is 5.91 Å². The van der Waals surface area contributed by atoms with E-state index in [1.807, 2.05) is 24.3 Å². The zero-order valence-electron chi connectivity index (χ0n) is 15.6. The highest BCUT2D eigenvalue weighted by atomic mass is 35.5. The number of aromatic amines is 2. The summed E-state index contributed by atoms with van der Waals surface area (Å²) in [7, 11) is 1.61. The Morgan fingerprint density at radius 1 is 1.31 bits per heavy atom. The first kappa shape index (κ1) is 19.0. The molecule has 9 heteroatoms. The first-order valence-electron chi connectivity index (χ1n) is 8.97. The number of nitrogens with zero attached hydrogens (tertiary/aromatic N) is 2. The number of carbonyl (C=O) groups is 1. The monoisotopic (exact) mass is 410 g/mol. The van der Waals surface area contributed by atoms with Crippen LogP contribution in [0.1, 0.15) is 5.56 Å². The fourth-order valence-electron chi connectivity index (χ4n) is 3.12. The highest BCUT2D eigenvalue weighted by molar-refractivity contribution is 6.31. The number of amides is 1. The second-order valence-corrected chi connectivity index (χ2v) is 7.19. The van der Waals surface area contributed by atoms with Crippen LogP contribution >= 0.6 is 11.6 Å². The van der Waals surface area contributed by atoms with Gasteiger partial charge in [-0.15, -0.1) is 0 Å². The summed E-state index contributed by atoms with van der Waals surface area (Å²) in [5.41, 5.74) is 9.14. The Bertz CT molecular complexity index is 1260. The number of aryl methyl sites for hydroxylation is 1. The van der Waals surface area contributed by atoms with E-state index in [1.54, 1.807) is 31.4 Å². The first-order chi connectivity index (χ1) is 13.9. The average molecular weight is 411 g/mol. The lowest BCUT2D eigenvalue weighted by molar-refractivity contribution is -0.117. The molecular formula is C20H19ClN6O2.